The van der Waals surface area contributed by atoms with E-state index in [0.717, 1.165) is 11.1 Å². The highest BCUT2D eigenvalue weighted by atomic mass is 16.3. The summed E-state index contributed by atoms with van der Waals surface area (Å²) in [7, 11) is 0. The number of nitrogens with zero attached hydrogens (tertiary/aromatic N) is 1. The molecule has 3 atom stereocenters. The molecule has 0 spiro atoms. The topological polar surface area (TPSA) is 125 Å². The van der Waals surface area contributed by atoms with Gasteiger partial charge in [0.05, 0.1) is 6.61 Å². The van der Waals surface area contributed by atoms with Gasteiger partial charge in [-0.15, -0.1) is 0 Å². The van der Waals surface area contributed by atoms with Crippen LogP contribution in [0, 0.1) is 0 Å². The van der Waals surface area contributed by atoms with Crippen molar-refractivity contribution in [1.82, 2.24) is 15.5 Å². The minimum Gasteiger partial charge on any atom is -0.395 e. The maximum Gasteiger partial charge on any atom is 0.255 e. The van der Waals surface area contributed by atoms with Gasteiger partial charge in [0.25, 0.3) is 5.91 Å². The summed E-state index contributed by atoms with van der Waals surface area (Å²) >= 11 is 0. The van der Waals surface area contributed by atoms with Crippen molar-refractivity contribution in [1.29, 1.82) is 0 Å². The van der Waals surface area contributed by atoms with Crippen molar-refractivity contribution in [2.24, 2.45) is 5.73 Å². The molecule has 2 aliphatic rings. The van der Waals surface area contributed by atoms with Gasteiger partial charge in [-0.25, -0.2) is 0 Å². The normalized spacial score (nSPS) is 22.2. The van der Waals surface area contributed by atoms with Gasteiger partial charge in [0.15, 0.2) is 0 Å². The van der Waals surface area contributed by atoms with Crippen molar-refractivity contribution in [2.75, 3.05) is 6.61 Å². The number of carbonyl (C=O) groups excluding carboxylic acids is 3. The zero-order valence-electron chi connectivity index (χ0n) is 14.7. The molecule has 2 heterocycles. The summed E-state index contributed by atoms with van der Waals surface area (Å²) in [6, 6.07) is 4.61. The molecule has 1 saturated heterocycles. The van der Waals surface area contributed by atoms with E-state index in [1.807, 2.05) is 19.1 Å². The van der Waals surface area contributed by atoms with E-state index in [4.69, 9.17) is 10.8 Å². The first-order valence-electron chi connectivity index (χ1n) is 8.77. The number of nitrogens with one attached hydrogen (secondary N) is 2. The molecule has 3 amide bonds. The van der Waals surface area contributed by atoms with Gasteiger partial charge in [-0.05, 0) is 30.5 Å². The Labute approximate surface area is 151 Å². The second kappa shape index (κ2) is 7.53. The fourth-order valence-electron chi connectivity index (χ4n) is 3.33. The SMILES string of the molecule is C[C@H](NCc1ccc2c(c1)CN(C1CCC(=O)NC1=O)C2=O)[C@H](N)CO. The molecular weight excluding hydrogens is 336 g/mol. The van der Waals surface area contributed by atoms with Crippen molar-refractivity contribution < 1.29 is 19.5 Å². The molecule has 0 bridgehead atoms. The monoisotopic (exact) mass is 360 g/mol. The predicted octanol–water partition coefficient (Wildman–Crippen LogP) is -0.755. The fraction of sp³-hybridized carbons (Fsp3) is 0.500. The maximum absolute atomic E-state index is 12.6. The Hall–Kier alpha value is -2.29. The van der Waals surface area contributed by atoms with Crippen LogP contribution in [0.15, 0.2) is 18.2 Å². The first-order chi connectivity index (χ1) is 12.4. The number of piperidine rings is 1. The molecule has 8 heteroatoms. The fourth-order valence-corrected chi connectivity index (χ4v) is 3.33. The number of nitrogens with two attached hydrogens (primary N) is 1. The highest BCUT2D eigenvalue weighted by Gasteiger charge is 2.39. The molecule has 3 rings (SSSR count). The number of rotatable bonds is 6. The van der Waals surface area contributed by atoms with Crippen molar-refractivity contribution in [3.05, 3.63) is 34.9 Å². The molecule has 1 aromatic carbocycles. The van der Waals surface area contributed by atoms with E-state index >= 15 is 0 Å². The van der Waals surface area contributed by atoms with Gasteiger partial charge in [0.1, 0.15) is 6.04 Å². The van der Waals surface area contributed by atoms with Crippen LogP contribution < -0.4 is 16.4 Å². The van der Waals surface area contributed by atoms with E-state index in [9.17, 15) is 14.4 Å². The van der Waals surface area contributed by atoms with Gasteiger partial charge >= 0.3 is 0 Å². The zero-order chi connectivity index (χ0) is 18.8. The Morgan fingerprint density at radius 1 is 1.38 bits per heavy atom. The number of imide groups is 1. The van der Waals surface area contributed by atoms with E-state index < -0.39 is 11.9 Å². The van der Waals surface area contributed by atoms with Gasteiger partial charge in [-0.2, -0.15) is 0 Å². The maximum atomic E-state index is 12.6. The van der Waals surface area contributed by atoms with Crippen LogP contribution in [0.4, 0.5) is 0 Å². The van der Waals surface area contributed by atoms with Crippen molar-refractivity contribution >= 4 is 17.7 Å². The molecule has 0 aliphatic carbocycles. The van der Waals surface area contributed by atoms with Gasteiger partial charge < -0.3 is 21.1 Å². The quantitative estimate of drug-likeness (QED) is 0.495. The van der Waals surface area contributed by atoms with Crippen LogP contribution in [0.25, 0.3) is 0 Å². The minimum absolute atomic E-state index is 0.0464. The van der Waals surface area contributed by atoms with Crippen LogP contribution in [0.5, 0.6) is 0 Å². The summed E-state index contributed by atoms with van der Waals surface area (Å²) in [5.41, 5.74) is 8.25. The van der Waals surface area contributed by atoms with E-state index in [2.05, 4.69) is 10.6 Å². The number of aliphatic hydroxyl groups excluding tert-OH is 1. The second-order valence-electron chi connectivity index (χ2n) is 6.91. The van der Waals surface area contributed by atoms with Crippen LogP contribution >= 0.6 is 0 Å². The second-order valence-corrected chi connectivity index (χ2v) is 6.91. The molecule has 1 fully saturated rings. The number of amides is 3. The lowest BCUT2D eigenvalue weighted by Gasteiger charge is -2.29. The molecule has 0 aromatic heterocycles. The van der Waals surface area contributed by atoms with Gasteiger partial charge in [0.2, 0.25) is 11.8 Å². The molecular formula is C18H24N4O4. The first-order valence-corrected chi connectivity index (χ1v) is 8.77. The van der Waals surface area contributed by atoms with Gasteiger partial charge in [-0.3, -0.25) is 19.7 Å². The molecule has 5 N–H and O–H groups in total. The summed E-state index contributed by atoms with van der Waals surface area (Å²) in [6.45, 7) is 2.74. The van der Waals surface area contributed by atoms with Crippen LogP contribution in [0.2, 0.25) is 0 Å². The van der Waals surface area contributed by atoms with Crippen molar-refractivity contribution in [3.63, 3.8) is 0 Å². The van der Waals surface area contributed by atoms with Crippen LogP contribution in [-0.2, 0) is 22.7 Å². The Kier molecular flexibility index (Phi) is 5.36. The Morgan fingerprint density at radius 3 is 2.85 bits per heavy atom. The summed E-state index contributed by atoms with van der Waals surface area (Å²) in [5.74, 6) is -0.875. The lowest BCUT2D eigenvalue weighted by Crippen LogP contribution is -2.52. The molecule has 26 heavy (non-hydrogen) atoms. The van der Waals surface area contributed by atoms with Crippen molar-refractivity contribution in [2.45, 2.75) is 51.0 Å². The number of benzene rings is 1. The predicted molar refractivity (Wildman–Crippen MR) is 93.9 cm³/mol. The summed E-state index contributed by atoms with van der Waals surface area (Å²) in [6.07, 6.45) is 0.601. The lowest BCUT2D eigenvalue weighted by molar-refractivity contribution is -0.136. The third-order valence-electron chi connectivity index (χ3n) is 5.07. The average molecular weight is 360 g/mol. The molecule has 140 valence electrons. The smallest absolute Gasteiger partial charge is 0.255 e. The van der Waals surface area contributed by atoms with Crippen LogP contribution in [0.1, 0.15) is 41.3 Å². The molecule has 1 aromatic rings. The Bertz CT molecular complexity index is 736. The molecule has 1 unspecified atom stereocenters. The van der Waals surface area contributed by atoms with Gasteiger partial charge in [-0.1, -0.05) is 12.1 Å². The molecule has 0 radical (unpaired) electrons. The van der Waals surface area contributed by atoms with Gasteiger partial charge in [0, 0.05) is 37.2 Å². The summed E-state index contributed by atoms with van der Waals surface area (Å²) < 4.78 is 0. The first kappa shape index (κ1) is 18.5. The zero-order valence-corrected chi connectivity index (χ0v) is 14.7. The lowest BCUT2D eigenvalue weighted by atomic mass is 10.0. The average Bonchev–Trinajstić information content (AvgIpc) is 2.95. The van der Waals surface area contributed by atoms with E-state index in [0.29, 0.717) is 25.1 Å². The highest BCUT2D eigenvalue weighted by molar-refractivity contribution is 6.05. The van der Waals surface area contributed by atoms with Crippen LogP contribution in [-0.4, -0.2) is 52.5 Å². The van der Waals surface area contributed by atoms with E-state index in [1.165, 1.54) is 4.90 Å². The van der Waals surface area contributed by atoms with E-state index in [-0.39, 0.29) is 36.9 Å². The largest absolute Gasteiger partial charge is 0.395 e. The number of hydrogen-bond acceptors (Lipinski definition) is 6. The number of aliphatic hydroxyl groups is 1. The Balaban J connectivity index is 1.68. The number of carbonyl (C=O) groups is 3. The Morgan fingerprint density at radius 2 is 2.15 bits per heavy atom. The molecule has 8 nitrogen and oxygen atoms in total. The van der Waals surface area contributed by atoms with Crippen LogP contribution in [0.3, 0.4) is 0 Å². The molecule has 2 aliphatic heterocycles. The molecule has 0 saturated carbocycles. The summed E-state index contributed by atoms with van der Waals surface area (Å²) in [4.78, 5) is 37.5. The third kappa shape index (κ3) is 3.62. The summed E-state index contributed by atoms with van der Waals surface area (Å²) in [5, 5.41) is 14.6. The third-order valence-corrected chi connectivity index (χ3v) is 5.07. The highest BCUT2D eigenvalue weighted by Crippen LogP contribution is 2.28. The standard InChI is InChI=1S/C18H24N4O4/c1-10(14(19)9-23)20-7-11-2-3-13-12(6-11)8-22(18(13)26)15-4-5-16(24)21-17(15)25/h2-3,6,10,14-15,20,23H,4-5,7-9,19H2,1H3,(H,21,24,25)/t10-,14+,15?/m0/s1. The van der Waals surface area contributed by atoms with Crippen molar-refractivity contribution in [3.8, 4) is 0 Å². The van der Waals surface area contributed by atoms with E-state index in [1.54, 1.807) is 6.07 Å². The number of hydrogen-bond donors (Lipinski definition) is 4. The minimum atomic E-state index is -0.600. The number of fused-ring (bicyclic) bond motifs is 1.